The molecule has 2 aromatic rings. The van der Waals surface area contributed by atoms with Crippen molar-refractivity contribution in [3.63, 3.8) is 0 Å². The lowest BCUT2D eigenvalue weighted by Gasteiger charge is -2.28. The third-order valence-corrected chi connectivity index (χ3v) is 4.72. The van der Waals surface area contributed by atoms with Gasteiger partial charge in [-0.05, 0) is 32.2 Å². The van der Waals surface area contributed by atoms with Crippen molar-refractivity contribution in [3.8, 4) is 0 Å². The Morgan fingerprint density at radius 3 is 2.94 bits per heavy atom. The first-order chi connectivity index (χ1) is 8.29. The second-order valence-corrected chi connectivity index (χ2v) is 5.76. The van der Waals surface area contributed by atoms with Crippen molar-refractivity contribution in [1.82, 2.24) is 19.8 Å². The van der Waals surface area contributed by atoms with Gasteiger partial charge in [-0.2, -0.15) is 9.61 Å². The number of nitrogens with zero attached hydrogens (tertiary/aromatic N) is 4. The molecule has 2 heterocycles. The molecule has 6 heteroatoms. The molecule has 0 saturated heterocycles. The zero-order valence-electron chi connectivity index (χ0n) is 9.96. The normalized spacial score (nSPS) is 25.5. The molecule has 92 valence electrons. The monoisotopic (exact) mass is 251 g/mol. The number of fused-ring (bicyclic) bond motifs is 1. The number of nitrogens with two attached hydrogens (primary N) is 1. The summed E-state index contributed by atoms with van der Waals surface area (Å²) in [4.78, 5) is 0.902. The van der Waals surface area contributed by atoms with Gasteiger partial charge in [-0.15, -0.1) is 10.2 Å². The summed E-state index contributed by atoms with van der Waals surface area (Å²) >= 11 is 1.67. The van der Waals surface area contributed by atoms with E-state index in [1.54, 1.807) is 11.3 Å². The maximum Gasteiger partial charge on any atom is 0.234 e. The second-order valence-electron chi connectivity index (χ2n) is 4.77. The lowest BCUT2D eigenvalue weighted by Crippen LogP contribution is -2.25. The third-order valence-electron chi connectivity index (χ3n) is 3.69. The van der Waals surface area contributed by atoms with Gasteiger partial charge in [-0.1, -0.05) is 24.2 Å². The fourth-order valence-electron chi connectivity index (χ4n) is 2.69. The van der Waals surface area contributed by atoms with E-state index in [4.69, 9.17) is 5.73 Å². The van der Waals surface area contributed by atoms with Crippen molar-refractivity contribution in [3.05, 3.63) is 10.8 Å². The Kier molecular flexibility index (Phi) is 2.84. The van der Waals surface area contributed by atoms with Crippen LogP contribution in [0.4, 0.5) is 0 Å². The topological polar surface area (TPSA) is 69.1 Å². The zero-order chi connectivity index (χ0) is 11.8. The van der Waals surface area contributed by atoms with Crippen molar-refractivity contribution in [2.45, 2.75) is 38.5 Å². The van der Waals surface area contributed by atoms with Crippen LogP contribution in [-0.4, -0.2) is 26.4 Å². The number of aromatic nitrogens is 4. The summed E-state index contributed by atoms with van der Waals surface area (Å²) in [5.74, 6) is 1.98. The summed E-state index contributed by atoms with van der Waals surface area (Å²) in [7, 11) is 0. The molecular formula is C11H17N5S. The van der Waals surface area contributed by atoms with Gasteiger partial charge in [0, 0.05) is 5.92 Å². The summed E-state index contributed by atoms with van der Waals surface area (Å²) in [6, 6.07) is 0. The lowest BCUT2D eigenvalue weighted by molar-refractivity contribution is 0.312. The molecule has 1 fully saturated rings. The molecule has 3 rings (SSSR count). The first-order valence-electron chi connectivity index (χ1n) is 6.18. The van der Waals surface area contributed by atoms with Crippen molar-refractivity contribution in [1.29, 1.82) is 0 Å². The SMILES string of the molecule is Cc1nnc2sc(C3CCCCC3CN)nn12. The third kappa shape index (κ3) is 1.85. The van der Waals surface area contributed by atoms with Gasteiger partial charge in [0.2, 0.25) is 4.96 Å². The van der Waals surface area contributed by atoms with E-state index in [9.17, 15) is 0 Å². The van der Waals surface area contributed by atoms with Crippen LogP contribution in [0.1, 0.15) is 42.4 Å². The molecule has 1 aliphatic rings. The molecule has 0 amide bonds. The Hall–Kier alpha value is -1.01. The van der Waals surface area contributed by atoms with Crippen LogP contribution >= 0.6 is 11.3 Å². The molecule has 2 N–H and O–H groups in total. The largest absolute Gasteiger partial charge is 0.330 e. The highest BCUT2D eigenvalue weighted by atomic mass is 32.1. The molecule has 2 atom stereocenters. The number of hydrogen-bond donors (Lipinski definition) is 1. The summed E-state index contributed by atoms with van der Waals surface area (Å²) in [5, 5.41) is 14.0. The average Bonchev–Trinajstić information content (AvgIpc) is 2.92. The summed E-state index contributed by atoms with van der Waals surface area (Å²) in [6.07, 6.45) is 5.05. The van der Waals surface area contributed by atoms with Gasteiger partial charge < -0.3 is 5.73 Å². The van der Waals surface area contributed by atoms with Gasteiger partial charge in [0.25, 0.3) is 0 Å². The van der Waals surface area contributed by atoms with Gasteiger partial charge in [0.05, 0.1) is 0 Å². The molecule has 0 aromatic carbocycles. The van der Waals surface area contributed by atoms with Crippen LogP contribution in [0.25, 0.3) is 4.96 Å². The molecule has 17 heavy (non-hydrogen) atoms. The summed E-state index contributed by atoms with van der Waals surface area (Å²) in [6.45, 7) is 2.70. The van der Waals surface area contributed by atoms with Crippen molar-refractivity contribution in [2.24, 2.45) is 11.7 Å². The van der Waals surface area contributed by atoms with E-state index in [0.717, 1.165) is 17.3 Å². The molecule has 1 saturated carbocycles. The van der Waals surface area contributed by atoms with E-state index in [1.807, 2.05) is 11.4 Å². The first-order valence-corrected chi connectivity index (χ1v) is 7.00. The highest BCUT2D eigenvalue weighted by Gasteiger charge is 2.28. The molecule has 5 nitrogen and oxygen atoms in total. The van der Waals surface area contributed by atoms with Crippen LogP contribution in [0.5, 0.6) is 0 Å². The highest BCUT2D eigenvalue weighted by molar-refractivity contribution is 7.16. The standard InChI is InChI=1S/C11H17N5S/c1-7-13-14-11-16(7)15-10(17-11)9-5-3-2-4-8(9)6-12/h8-9H,2-6,12H2,1H3. The minimum atomic E-state index is 0.528. The molecule has 0 bridgehead atoms. The maximum absolute atomic E-state index is 5.87. The Balaban J connectivity index is 1.95. The van der Waals surface area contributed by atoms with Crippen LogP contribution in [-0.2, 0) is 0 Å². The van der Waals surface area contributed by atoms with E-state index in [2.05, 4.69) is 15.3 Å². The minimum Gasteiger partial charge on any atom is -0.330 e. The van der Waals surface area contributed by atoms with Crippen molar-refractivity contribution < 1.29 is 0 Å². The molecule has 2 unspecified atom stereocenters. The second kappa shape index (κ2) is 4.34. The summed E-state index contributed by atoms with van der Waals surface area (Å²) in [5.41, 5.74) is 5.87. The quantitative estimate of drug-likeness (QED) is 0.882. The van der Waals surface area contributed by atoms with Gasteiger partial charge in [0.15, 0.2) is 5.82 Å². The van der Waals surface area contributed by atoms with Crippen LogP contribution in [0.3, 0.4) is 0 Å². The Bertz CT molecular complexity index is 517. The molecule has 1 aliphatic carbocycles. The van der Waals surface area contributed by atoms with Crippen molar-refractivity contribution in [2.75, 3.05) is 6.54 Å². The predicted octanol–water partition coefficient (Wildman–Crippen LogP) is 1.73. The highest BCUT2D eigenvalue weighted by Crippen LogP contribution is 2.38. The zero-order valence-corrected chi connectivity index (χ0v) is 10.8. The first kappa shape index (κ1) is 11.1. The van der Waals surface area contributed by atoms with E-state index in [-0.39, 0.29) is 0 Å². The predicted molar refractivity (Wildman–Crippen MR) is 67.1 cm³/mol. The minimum absolute atomic E-state index is 0.528. The van der Waals surface area contributed by atoms with Crippen molar-refractivity contribution >= 4 is 16.3 Å². The van der Waals surface area contributed by atoms with Gasteiger partial charge in [-0.3, -0.25) is 0 Å². The van der Waals surface area contributed by atoms with E-state index in [0.29, 0.717) is 11.8 Å². The molecule has 2 aromatic heterocycles. The molecular weight excluding hydrogens is 234 g/mol. The summed E-state index contributed by atoms with van der Waals surface area (Å²) < 4.78 is 1.85. The molecule has 0 radical (unpaired) electrons. The van der Waals surface area contributed by atoms with E-state index in [1.165, 1.54) is 30.7 Å². The van der Waals surface area contributed by atoms with Crippen LogP contribution < -0.4 is 5.73 Å². The fraction of sp³-hybridized carbons (Fsp3) is 0.727. The average molecular weight is 251 g/mol. The van der Waals surface area contributed by atoms with Gasteiger partial charge in [0.1, 0.15) is 5.01 Å². The molecule has 0 spiro atoms. The number of hydrogen-bond acceptors (Lipinski definition) is 5. The Morgan fingerprint density at radius 1 is 1.35 bits per heavy atom. The molecule has 0 aliphatic heterocycles. The van der Waals surface area contributed by atoms with E-state index < -0.39 is 0 Å². The number of rotatable bonds is 2. The smallest absolute Gasteiger partial charge is 0.234 e. The fourth-order valence-corrected chi connectivity index (χ4v) is 3.81. The van der Waals surface area contributed by atoms with Crippen LogP contribution in [0.15, 0.2) is 0 Å². The van der Waals surface area contributed by atoms with E-state index >= 15 is 0 Å². The van der Waals surface area contributed by atoms with Crippen LogP contribution in [0, 0.1) is 12.8 Å². The number of aryl methyl sites for hydroxylation is 1. The van der Waals surface area contributed by atoms with Gasteiger partial charge >= 0.3 is 0 Å². The maximum atomic E-state index is 5.87. The lowest BCUT2D eigenvalue weighted by atomic mass is 9.80. The van der Waals surface area contributed by atoms with Crippen LogP contribution in [0.2, 0.25) is 0 Å². The Labute approximate surface area is 104 Å². The van der Waals surface area contributed by atoms with Gasteiger partial charge in [-0.25, -0.2) is 0 Å². The Morgan fingerprint density at radius 2 is 2.18 bits per heavy atom.